The Morgan fingerprint density at radius 1 is 1.11 bits per heavy atom. The highest BCUT2D eigenvalue weighted by molar-refractivity contribution is 5.63. The van der Waals surface area contributed by atoms with Gasteiger partial charge in [0.2, 0.25) is 0 Å². The van der Waals surface area contributed by atoms with Gasteiger partial charge in [0.15, 0.2) is 0 Å². The van der Waals surface area contributed by atoms with Crippen LogP contribution in [0.5, 0.6) is 0 Å². The summed E-state index contributed by atoms with van der Waals surface area (Å²) >= 11 is 0. The van der Waals surface area contributed by atoms with Crippen LogP contribution in [0.1, 0.15) is 16.7 Å². The lowest BCUT2D eigenvalue weighted by Gasteiger charge is -2.09. The van der Waals surface area contributed by atoms with E-state index in [0.717, 1.165) is 16.8 Å². The lowest BCUT2D eigenvalue weighted by atomic mass is 10.1. The Labute approximate surface area is 112 Å². The van der Waals surface area contributed by atoms with Gasteiger partial charge in [0.25, 0.3) is 0 Å². The molecule has 0 amide bonds. The van der Waals surface area contributed by atoms with E-state index in [2.05, 4.69) is 11.4 Å². The number of aliphatic hydroxyl groups excluding tert-OH is 1. The van der Waals surface area contributed by atoms with Crippen molar-refractivity contribution in [2.45, 2.75) is 13.2 Å². The molecule has 0 aliphatic carbocycles. The molecule has 0 aliphatic rings. The first-order valence-corrected chi connectivity index (χ1v) is 5.95. The summed E-state index contributed by atoms with van der Waals surface area (Å²) in [5, 5.41) is 21.2. The number of hydrogen-bond donors (Lipinski definition) is 3. The number of nitrogens with two attached hydrogens (primary N) is 1. The molecule has 0 fully saturated rings. The molecule has 2 aromatic carbocycles. The van der Waals surface area contributed by atoms with Crippen LogP contribution in [-0.4, -0.2) is 5.11 Å². The second kappa shape index (κ2) is 5.89. The third-order valence-corrected chi connectivity index (χ3v) is 2.85. The molecule has 2 rings (SSSR count). The first-order valence-electron chi connectivity index (χ1n) is 5.95. The summed E-state index contributed by atoms with van der Waals surface area (Å²) < 4.78 is 0. The van der Waals surface area contributed by atoms with E-state index < -0.39 is 0 Å². The minimum Gasteiger partial charge on any atom is -0.399 e. The van der Waals surface area contributed by atoms with Gasteiger partial charge in [-0.25, -0.2) is 0 Å². The summed E-state index contributed by atoms with van der Waals surface area (Å²) in [5.41, 5.74) is 9.48. The molecule has 0 unspecified atom stereocenters. The van der Waals surface area contributed by atoms with Gasteiger partial charge in [-0.2, -0.15) is 5.26 Å². The monoisotopic (exact) mass is 253 g/mol. The molecule has 0 atom stereocenters. The van der Waals surface area contributed by atoms with Crippen molar-refractivity contribution in [1.29, 1.82) is 5.26 Å². The van der Waals surface area contributed by atoms with Crippen molar-refractivity contribution in [1.82, 2.24) is 0 Å². The van der Waals surface area contributed by atoms with Gasteiger partial charge in [-0.15, -0.1) is 0 Å². The van der Waals surface area contributed by atoms with Crippen LogP contribution in [0.15, 0.2) is 42.5 Å². The molecule has 0 spiro atoms. The van der Waals surface area contributed by atoms with E-state index >= 15 is 0 Å². The molecule has 2 aromatic rings. The third-order valence-electron chi connectivity index (χ3n) is 2.85. The highest BCUT2D eigenvalue weighted by atomic mass is 16.3. The summed E-state index contributed by atoms with van der Waals surface area (Å²) in [6, 6.07) is 15.0. The first kappa shape index (κ1) is 12.9. The van der Waals surface area contributed by atoms with Crippen LogP contribution < -0.4 is 11.1 Å². The summed E-state index contributed by atoms with van der Waals surface area (Å²) in [6.07, 6.45) is 0. The second-order valence-electron chi connectivity index (χ2n) is 4.24. The normalized spacial score (nSPS) is 9.89. The molecule has 0 saturated carbocycles. The van der Waals surface area contributed by atoms with Crippen LogP contribution in [0.2, 0.25) is 0 Å². The van der Waals surface area contributed by atoms with E-state index in [1.54, 1.807) is 18.2 Å². The molecule has 96 valence electrons. The Balaban J connectivity index is 2.08. The zero-order valence-corrected chi connectivity index (χ0v) is 10.4. The van der Waals surface area contributed by atoms with Gasteiger partial charge >= 0.3 is 0 Å². The molecule has 4 heteroatoms. The predicted octanol–water partition coefficient (Wildman–Crippen LogP) is 2.24. The van der Waals surface area contributed by atoms with Gasteiger partial charge in [0.1, 0.15) is 6.07 Å². The van der Waals surface area contributed by atoms with Gasteiger partial charge in [0.05, 0.1) is 17.9 Å². The molecule has 0 aliphatic heterocycles. The molecule has 0 heterocycles. The van der Waals surface area contributed by atoms with Gasteiger partial charge in [-0.05, 0) is 29.3 Å². The van der Waals surface area contributed by atoms with E-state index in [9.17, 15) is 0 Å². The van der Waals surface area contributed by atoms with Crippen LogP contribution in [0.3, 0.4) is 0 Å². The molecule has 19 heavy (non-hydrogen) atoms. The maximum Gasteiger partial charge on any atom is 0.101 e. The summed E-state index contributed by atoms with van der Waals surface area (Å²) in [7, 11) is 0. The lowest BCUT2D eigenvalue weighted by molar-refractivity contribution is 0.282. The van der Waals surface area contributed by atoms with E-state index in [-0.39, 0.29) is 6.61 Å². The molecule has 0 radical (unpaired) electrons. The molecule has 0 aromatic heterocycles. The maximum atomic E-state index is 9.04. The fourth-order valence-electron chi connectivity index (χ4n) is 1.77. The van der Waals surface area contributed by atoms with Crippen molar-refractivity contribution in [2.75, 3.05) is 11.1 Å². The number of anilines is 2. The number of hydrogen-bond acceptors (Lipinski definition) is 4. The first-order chi connectivity index (χ1) is 9.22. The number of nitrogen functional groups attached to an aromatic ring is 1. The van der Waals surface area contributed by atoms with Crippen molar-refractivity contribution in [3.8, 4) is 6.07 Å². The second-order valence-corrected chi connectivity index (χ2v) is 4.24. The predicted molar refractivity (Wildman–Crippen MR) is 75.3 cm³/mol. The Morgan fingerprint density at radius 3 is 2.42 bits per heavy atom. The molecular weight excluding hydrogens is 238 g/mol. The van der Waals surface area contributed by atoms with E-state index in [1.165, 1.54) is 0 Å². The Morgan fingerprint density at radius 2 is 1.79 bits per heavy atom. The standard InChI is InChI=1S/C15H15N3O/c16-8-13-7-14(17)5-6-15(13)18-9-11-1-3-12(10-19)4-2-11/h1-7,18-19H,9-10,17H2. The maximum absolute atomic E-state index is 9.04. The van der Waals surface area contributed by atoms with Crippen LogP contribution in [0.25, 0.3) is 0 Å². The topological polar surface area (TPSA) is 82.1 Å². The van der Waals surface area contributed by atoms with Gasteiger partial charge in [-0.3, -0.25) is 0 Å². The fourth-order valence-corrected chi connectivity index (χ4v) is 1.77. The number of benzene rings is 2. The van der Waals surface area contributed by atoms with E-state index in [1.807, 2.05) is 24.3 Å². The minimum absolute atomic E-state index is 0.0459. The highest BCUT2D eigenvalue weighted by Gasteiger charge is 2.02. The van der Waals surface area contributed by atoms with Crippen LogP contribution in [-0.2, 0) is 13.2 Å². The number of aliphatic hydroxyl groups is 1. The zero-order valence-electron chi connectivity index (χ0n) is 10.4. The quantitative estimate of drug-likeness (QED) is 0.730. The van der Waals surface area contributed by atoms with Crippen LogP contribution in [0.4, 0.5) is 11.4 Å². The molecule has 0 bridgehead atoms. The Bertz CT molecular complexity index is 600. The lowest BCUT2D eigenvalue weighted by Crippen LogP contribution is -2.02. The van der Waals surface area contributed by atoms with Gasteiger partial charge in [0, 0.05) is 12.2 Å². The Kier molecular flexibility index (Phi) is 4.01. The van der Waals surface area contributed by atoms with E-state index in [0.29, 0.717) is 17.8 Å². The SMILES string of the molecule is N#Cc1cc(N)ccc1NCc1ccc(CO)cc1. The molecular formula is C15H15N3O. The number of rotatable bonds is 4. The molecule has 0 saturated heterocycles. The summed E-state index contributed by atoms with van der Waals surface area (Å²) in [4.78, 5) is 0. The summed E-state index contributed by atoms with van der Waals surface area (Å²) in [5.74, 6) is 0. The third kappa shape index (κ3) is 3.24. The Hall–Kier alpha value is -2.51. The minimum atomic E-state index is 0.0459. The van der Waals surface area contributed by atoms with Crippen LogP contribution >= 0.6 is 0 Å². The number of nitrogens with one attached hydrogen (secondary N) is 1. The van der Waals surface area contributed by atoms with Gasteiger partial charge in [-0.1, -0.05) is 24.3 Å². The van der Waals surface area contributed by atoms with E-state index in [4.69, 9.17) is 16.1 Å². The van der Waals surface area contributed by atoms with Crippen LogP contribution in [0, 0.1) is 11.3 Å². The average molecular weight is 253 g/mol. The average Bonchev–Trinajstić information content (AvgIpc) is 2.46. The molecule has 4 N–H and O–H groups in total. The highest BCUT2D eigenvalue weighted by Crippen LogP contribution is 2.18. The van der Waals surface area contributed by atoms with Gasteiger partial charge < -0.3 is 16.2 Å². The van der Waals surface area contributed by atoms with Crippen molar-refractivity contribution in [3.63, 3.8) is 0 Å². The zero-order chi connectivity index (χ0) is 13.7. The molecule has 4 nitrogen and oxygen atoms in total. The van der Waals surface area contributed by atoms with Crippen molar-refractivity contribution < 1.29 is 5.11 Å². The number of nitriles is 1. The number of nitrogens with zero attached hydrogens (tertiary/aromatic N) is 1. The van der Waals surface area contributed by atoms with Crippen molar-refractivity contribution in [2.24, 2.45) is 0 Å². The van der Waals surface area contributed by atoms with Crippen molar-refractivity contribution in [3.05, 3.63) is 59.2 Å². The smallest absolute Gasteiger partial charge is 0.101 e. The summed E-state index contributed by atoms with van der Waals surface area (Å²) in [6.45, 7) is 0.661. The largest absolute Gasteiger partial charge is 0.399 e. The fraction of sp³-hybridized carbons (Fsp3) is 0.133. The van der Waals surface area contributed by atoms with Crippen molar-refractivity contribution >= 4 is 11.4 Å².